The minimum Gasteiger partial charge on any atom is -0.385 e. The zero-order valence-corrected chi connectivity index (χ0v) is 10.9. The summed E-state index contributed by atoms with van der Waals surface area (Å²) in [7, 11) is 3.62. The van der Waals surface area contributed by atoms with Gasteiger partial charge in [0.25, 0.3) is 0 Å². The fourth-order valence-corrected chi connectivity index (χ4v) is 2.00. The lowest BCUT2D eigenvalue weighted by Gasteiger charge is -2.19. The summed E-state index contributed by atoms with van der Waals surface area (Å²) in [5.74, 6) is 0. The van der Waals surface area contributed by atoms with Crippen LogP contribution in [0.4, 0.5) is 0 Å². The molecule has 1 aromatic heterocycles. The molecule has 16 heavy (non-hydrogen) atoms. The quantitative estimate of drug-likeness (QED) is 0.800. The van der Waals surface area contributed by atoms with Crippen molar-refractivity contribution in [3.8, 4) is 0 Å². The van der Waals surface area contributed by atoms with Gasteiger partial charge >= 0.3 is 0 Å². The molecular formula is C11H20ClN3O. The predicted molar refractivity (Wildman–Crippen MR) is 65.7 cm³/mol. The maximum absolute atomic E-state index is 6.13. The molecule has 4 nitrogen and oxygen atoms in total. The van der Waals surface area contributed by atoms with Crippen LogP contribution in [0.15, 0.2) is 6.20 Å². The number of halogens is 1. The Labute approximate surface area is 102 Å². The van der Waals surface area contributed by atoms with Gasteiger partial charge in [0.2, 0.25) is 0 Å². The van der Waals surface area contributed by atoms with Crippen LogP contribution in [0.5, 0.6) is 0 Å². The van der Waals surface area contributed by atoms with E-state index in [1.165, 1.54) is 0 Å². The number of hydrogen-bond donors (Lipinski definition) is 1. The maximum atomic E-state index is 6.13. The van der Waals surface area contributed by atoms with Crippen LogP contribution >= 0.6 is 11.6 Å². The molecule has 0 aliphatic carbocycles. The van der Waals surface area contributed by atoms with E-state index in [4.69, 9.17) is 16.3 Å². The number of methoxy groups -OCH3 is 1. The van der Waals surface area contributed by atoms with E-state index in [2.05, 4.69) is 17.3 Å². The van der Waals surface area contributed by atoms with Crippen molar-refractivity contribution < 1.29 is 4.74 Å². The van der Waals surface area contributed by atoms with E-state index < -0.39 is 0 Å². The first kappa shape index (κ1) is 13.5. The molecule has 0 saturated carbocycles. The molecule has 1 aromatic rings. The fourth-order valence-electron chi connectivity index (χ4n) is 1.70. The van der Waals surface area contributed by atoms with Gasteiger partial charge in [-0.1, -0.05) is 18.5 Å². The highest BCUT2D eigenvalue weighted by atomic mass is 35.5. The maximum Gasteiger partial charge on any atom is 0.0834 e. The Morgan fingerprint density at radius 2 is 2.38 bits per heavy atom. The number of nitrogens with one attached hydrogen (secondary N) is 1. The van der Waals surface area contributed by atoms with Crippen LogP contribution in [0, 0.1) is 0 Å². The van der Waals surface area contributed by atoms with Crippen LogP contribution in [0.2, 0.25) is 5.02 Å². The second-order valence-corrected chi connectivity index (χ2v) is 4.20. The average molecular weight is 246 g/mol. The van der Waals surface area contributed by atoms with Crippen molar-refractivity contribution >= 4 is 11.6 Å². The van der Waals surface area contributed by atoms with E-state index in [9.17, 15) is 0 Å². The van der Waals surface area contributed by atoms with Crippen LogP contribution in [-0.4, -0.2) is 30.0 Å². The Hall–Kier alpha value is -0.580. The third kappa shape index (κ3) is 3.47. The highest BCUT2D eigenvalue weighted by molar-refractivity contribution is 6.31. The molecule has 1 N–H and O–H groups in total. The van der Waals surface area contributed by atoms with E-state index in [-0.39, 0.29) is 6.04 Å². The summed E-state index contributed by atoms with van der Waals surface area (Å²) in [6.45, 7) is 3.82. The monoisotopic (exact) mass is 245 g/mol. The molecule has 0 aliphatic rings. The molecule has 1 rings (SSSR count). The van der Waals surface area contributed by atoms with E-state index >= 15 is 0 Å². The first-order chi connectivity index (χ1) is 7.70. The molecule has 0 aliphatic heterocycles. The second kappa shape index (κ2) is 6.89. The average Bonchev–Trinajstić information content (AvgIpc) is 2.60. The molecule has 0 aromatic carbocycles. The van der Waals surface area contributed by atoms with Gasteiger partial charge in [-0.3, -0.25) is 4.68 Å². The van der Waals surface area contributed by atoms with Crippen LogP contribution < -0.4 is 5.32 Å². The van der Waals surface area contributed by atoms with Gasteiger partial charge in [-0.05, 0) is 19.4 Å². The first-order valence-electron chi connectivity index (χ1n) is 5.60. The topological polar surface area (TPSA) is 39.1 Å². The van der Waals surface area contributed by atoms with E-state index in [0.717, 1.165) is 25.1 Å². The lowest BCUT2D eigenvalue weighted by atomic mass is 10.1. The van der Waals surface area contributed by atoms with Gasteiger partial charge in [0, 0.05) is 20.8 Å². The highest BCUT2D eigenvalue weighted by Crippen LogP contribution is 2.24. The number of rotatable bonds is 7. The Balaban J connectivity index is 2.74. The molecule has 1 unspecified atom stereocenters. The smallest absolute Gasteiger partial charge is 0.0834 e. The van der Waals surface area contributed by atoms with Gasteiger partial charge in [0.05, 0.1) is 23.0 Å². The van der Waals surface area contributed by atoms with Crippen molar-refractivity contribution in [3.63, 3.8) is 0 Å². The third-order valence-corrected chi connectivity index (χ3v) is 2.81. The SMILES string of the molecule is CCCNC(CCOC)c1c(Cl)cnn1C. The Morgan fingerprint density at radius 3 is 2.88 bits per heavy atom. The van der Waals surface area contributed by atoms with Crippen molar-refractivity contribution in [3.05, 3.63) is 16.9 Å². The van der Waals surface area contributed by atoms with Crippen molar-refractivity contribution in [1.29, 1.82) is 0 Å². The van der Waals surface area contributed by atoms with E-state index in [0.29, 0.717) is 11.6 Å². The minimum atomic E-state index is 0.208. The number of nitrogens with zero attached hydrogens (tertiary/aromatic N) is 2. The molecule has 1 atom stereocenters. The predicted octanol–water partition coefficient (Wildman–Crippen LogP) is 2.15. The molecular weight excluding hydrogens is 226 g/mol. The zero-order chi connectivity index (χ0) is 12.0. The highest BCUT2D eigenvalue weighted by Gasteiger charge is 2.17. The van der Waals surface area contributed by atoms with Gasteiger partial charge in [0.15, 0.2) is 0 Å². The zero-order valence-electron chi connectivity index (χ0n) is 10.2. The van der Waals surface area contributed by atoms with Gasteiger partial charge in [-0.15, -0.1) is 0 Å². The largest absolute Gasteiger partial charge is 0.385 e. The summed E-state index contributed by atoms with van der Waals surface area (Å²) in [4.78, 5) is 0. The van der Waals surface area contributed by atoms with Gasteiger partial charge in [-0.2, -0.15) is 5.10 Å². The standard InChI is InChI=1S/C11H20ClN3O/c1-4-6-13-10(5-7-16-3)11-9(12)8-14-15(11)2/h8,10,13H,4-7H2,1-3H3. The van der Waals surface area contributed by atoms with Gasteiger partial charge < -0.3 is 10.1 Å². The number of ether oxygens (including phenoxy) is 1. The van der Waals surface area contributed by atoms with Crippen molar-refractivity contribution in [1.82, 2.24) is 15.1 Å². The summed E-state index contributed by atoms with van der Waals surface area (Å²) in [5, 5.41) is 8.34. The molecule has 0 radical (unpaired) electrons. The molecule has 0 spiro atoms. The van der Waals surface area contributed by atoms with Crippen LogP contribution in [0.3, 0.4) is 0 Å². The number of aromatic nitrogens is 2. The van der Waals surface area contributed by atoms with Crippen LogP contribution in [0.1, 0.15) is 31.5 Å². The number of hydrogen-bond acceptors (Lipinski definition) is 3. The summed E-state index contributed by atoms with van der Waals surface area (Å²) < 4.78 is 6.94. The fraction of sp³-hybridized carbons (Fsp3) is 0.727. The molecule has 0 saturated heterocycles. The van der Waals surface area contributed by atoms with Crippen LogP contribution in [0.25, 0.3) is 0 Å². The van der Waals surface area contributed by atoms with Crippen molar-refractivity contribution in [2.45, 2.75) is 25.8 Å². The van der Waals surface area contributed by atoms with Crippen molar-refractivity contribution in [2.24, 2.45) is 7.05 Å². The lowest BCUT2D eigenvalue weighted by molar-refractivity contribution is 0.181. The summed E-state index contributed by atoms with van der Waals surface area (Å²) >= 11 is 6.13. The van der Waals surface area contributed by atoms with Crippen molar-refractivity contribution in [2.75, 3.05) is 20.3 Å². The van der Waals surface area contributed by atoms with Crippen LogP contribution in [-0.2, 0) is 11.8 Å². The Kier molecular flexibility index (Phi) is 5.80. The van der Waals surface area contributed by atoms with E-state index in [1.807, 2.05) is 11.7 Å². The second-order valence-electron chi connectivity index (χ2n) is 3.79. The Morgan fingerprint density at radius 1 is 1.62 bits per heavy atom. The lowest BCUT2D eigenvalue weighted by Crippen LogP contribution is -2.25. The minimum absolute atomic E-state index is 0.208. The molecule has 0 bridgehead atoms. The van der Waals surface area contributed by atoms with E-state index in [1.54, 1.807) is 13.3 Å². The molecule has 92 valence electrons. The van der Waals surface area contributed by atoms with Gasteiger partial charge in [0.1, 0.15) is 0 Å². The number of aryl methyl sites for hydroxylation is 1. The summed E-state index contributed by atoms with van der Waals surface area (Å²) in [6, 6.07) is 0.208. The first-order valence-corrected chi connectivity index (χ1v) is 5.98. The molecule has 5 heteroatoms. The molecule has 0 amide bonds. The Bertz CT molecular complexity index is 287. The third-order valence-electron chi connectivity index (χ3n) is 2.52. The molecule has 0 fully saturated rings. The van der Waals surface area contributed by atoms with Gasteiger partial charge in [-0.25, -0.2) is 0 Å². The normalized spacial score (nSPS) is 13.0. The molecule has 1 heterocycles. The summed E-state index contributed by atoms with van der Waals surface area (Å²) in [6.07, 6.45) is 3.68. The summed E-state index contributed by atoms with van der Waals surface area (Å²) in [5.41, 5.74) is 1.03.